The Morgan fingerprint density at radius 2 is 1.36 bits per heavy atom. The van der Waals surface area contributed by atoms with E-state index in [4.69, 9.17) is 11.5 Å². The van der Waals surface area contributed by atoms with Crippen LogP contribution in [0, 0.1) is 0 Å². The van der Waals surface area contributed by atoms with Gasteiger partial charge in [-0.2, -0.15) is 0 Å². The normalized spacial score (nSPS) is 21.0. The first-order chi connectivity index (χ1) is 21.4. The SMILES string of the molecule is CC(=O)NC1CC(C(=O)NC2CC(C(N)=O)N(C(=O)C(N)=O)C2)N(C(=O)CNC(=O)c2c3ccccc3nc3ccccc23)C1. The Morgan fingerprint density at radius 1 is 0.800 bits per heavy atom. The molecule has 7 amide bonds. The summed E-state index contributed by atoms with van der Waals surface area (Å²) in [6, 6.07) is 10.8. The fraction of sp³-hybridized carbons (Fsp3) is 0.333. The van der Waals surface area contributed by atoms with Crippen LogP contribution < -0.4 is 27.4 Å². The molecule has 2 aromatic carbocycles. The van der Waals surface area contributed by atoms with Gasteiger partial charge in [0, 0.05) is 42.9 Å². The summed E-state index contributed by atoms with van der Waals surface area (Å²) < 4.78 is 0. The summed E-state index contributed by atoms with van der Waals surface area (Å²) in [6.07, 6.45) is 0.0282. The number of fused-ring (bicyclic) bond motifs is 2. The molecule has 234 valence electrons. The molecule has 2 fully saturated rings. The molecule has 1 aromatic heterocycles. The fourth-order valence-electron chi connectivity index (χ4n) is 6.06. The second-order valence-electron chi connectivity index (χ2n) is 11.1. The van der Waals surface area contributed by atoms with Crippen LogP contribution in [-0.4, -0.2) is 99.9 Å². The number of benzene rings is 2. The first-order valence-electron chi connectivity index (χ1n) is 14.3. The quantitative estimate of drug-likeness (QED) is 0.151. The minimum Gasteiger partial charge on any atom is -0.368 e. The number of para-hydroxylation sites is 2. The lowest BCUT2D eigenvalue weighted by molar-refractivity contribution is -0.146. The third-order valence-electron chi connectivity index (χ3n) is 7.99. The lowest BCUT2D eigenvalue weighted by Crippen LogP contribution is -2.51. The highest BCUT2D eigenvalue weighted by molar-refractivity contribution is 6.34. The first kappa shape index (κ1) is 30.8. The van der Waals surface area contributed by atoms with Crippen molar-refractivity contribution < 1.29 is 33.6 Å². The summed E-state index contributed by atoms with van der Waals surface area (Å²) >= 11 is 0. The van der Waals surface area contributed by atoms with E-state index in [1.54, 1.807) is 36.4 Å². The Balaban J connectivity index is 1.32. The van der Waals surface area contributed by atoms with Crippen molar-refractivity contribution >= 4 is 63.2 Å². The van der Waals surface area contributed by atoms with E-state index in [0.29, 0.717) is 27.4 Å². The summed E-state index contributed by atoms with van der Waals surface area (Å²) in [4.78, 5) is 94.6. The number of rotatable bonds is 7. The van der Waals surface area contributed by atoms with Crippen LogP contribution in [0.4, 0.5) is 0 Å². The molecule has 45 heavy (non-hydrogen) atoms. The van der Waals surface area contributed by atoms with E-state index < -0.39 is 66.2 Å². The number of primary amides is 2. The summed E-state index contributed by atoms with van der Waals surface area (Å²) in [6.45, 7) is 0.694. The van der Waals surface area contributed by atoms with Gasteiger partial charge in [-0.15, -0.1) is 0 Å². The second-order valence-corrected chi connectivity index (χ2v) is 11.1. The van der Waals surface area contributed by atoms with Crippen LogP contribution in [0.15, 0.2) is 48.5 Å². The average Bonchev–Trinajstić information content (AvgIpc) is 3.62. The van der Waals surface area contributed by atoms with Gasteiger partial charge >= 0.3 is 11.8 Å². The number of hydrogen-bond acceptors (Lipinski definition) is 8. The molecule has 15 heteroatoms. The number of aromatic nitrogens is 1. The predicted octanol–water partition coefficient (Wildman–Crippen LogP) is -1.72. The number of carbonyl (C=O) groups excluding carboxylic acids is 7. The van der Waals surface area contributed by atoms with Crippen LogP contribution in [0.5, 0.6) is 0 Å². The Morgan fingerprint density at radius 3 is 1.93 bits per heavy atom. The van der Waals surface area contributed by atoms with E-state index in [0.717, 1.165) is 4.90 Å². The molecule has 0 spiro atoms. The first-order valence-corrected chi connectivity index (χ1v) is 14.3. The molecule has 0 aliphatic carbocycles. The minimum atomic E-state index is -1.27. The van der Waals surface area contributed by atoms with Gasteiger partial charge in [0.05, 0.1) is 23.1 Å². The van der Waals surface area contributed by atoms with Crippen molar-refractivity contribution in [2.24, 2.45) is 11.5 Å². The number of hydrogen-bond donors (Lipinski definition) is 5. The highest BCUT2D eigenvalue weighted by atomic mass is 16.2. The molecule has 0 radical (unpaired) electrons. The number of likely N-dealkylation sites (tertiary alicyclic amines) is 2. The maximum Gasteiger partial charge on any atom is 0.312 e. The predicted molar refractivity (Wildman–Crippen MR) is 160 cm³/mol. The van der Waals surface area contributed by atoms with Crippen molar-refractivity contribution in [3.8, 4) is 0 Å². The molecular weight excluding hydrogens is 584 g/mol. The van der Waals surface area contributed by atoms with Crippen LogP contribution in [0.1, 0.15) is 30.1 Å². The van der Waals surface area contributed by atoms with Crippen molar-refractivity contribution in [1.29, 1.82) is 0 Å². The van der Waals surface area contributed by atoms with E-state index in [2.05, 4.69) is 20.9 Å². The zero-order chi connectivity index (χ0) is 32.4. The molecule has 2 aliphatic rings. The van der Waals surface area contributed by atoms with E-state index in [1.165, 1.54) is 11.8 Å². The van der Waals surface area contributed by atoms with Crippen LogP contribution in [0.25, 0.3) is 21.8 Å². The van der Waals surface area contributed by atoms with Gasteiger partial charge in [0.25, 0.3) is 5.91 Å². The van der Waals surface area contributed by atoms with Crippen molar-refractivity contribution in [3.63, 3.8) is 0 Å². The molecule has 3 heterocycles. The maximum atomic E-state index is 13.5. The lowest BCUT2D eigenvalue weighted by Gasteiger charge is -2.25. The molecule has 0 bridgehead atoms. The third kappa shape index (κ3) is 6.37. The summed E-state index contributed by atoms with van der Waals surface area (Å²) in [5, 5.41) is 9.35. The van der Waals surface area contributed by atoms with Crippen molar-refractivity contribution in [2.75, 3.05) is 19.6 Å². The van der Waals surface area contributed by atoms with Gasteiger partial charge in [0.15, 0.2) is 0 Å². The van der Waals surface area contributed by atoms with Gasteiger partial charge in [-0.25, -0.2) is 4.98 Å². The molecule has 5 rings (SSSR count). The van der Waals surface area contributed by atoms with Gasteiger partial charge < -0.3 is 37.2 Å². The molecule has 15 nitrogen and oxygen atoms in total. The molecule has 4 atom stereocenters. The number of pyridine rings is 1. The smallest absolute Gasteiger partial charge is 0.312 e. The van der Waals surface area contributed by atoms with Gasteiger partial charge in [-0.05, 0) is 25.0 Å². The number of carbonyl (C=O) groups is 7. The highest BCUT2D eigenvalue weighted by Gasteiger charge is 2.44. The number of amides is 7. The maximum absolute atomic E-state index is 13.5. The van der Waals surface area contributed by atoms with Crippen molar-refractivity contribution in [3.05, 3.63) is 54.1 Å². The van der Waals surface area contributed by atoms with E-state index in [-0.39, 0.29) is 31.8 Å². The number of nitrogens with zero attached hydrogens (tertiary/aromatic N) is 3. The zero-order valence-corrected chi connectivity index (χ0v) is 24.3. The fourth-order valence-corrected chi connectivity index (χ4v) is 6.06. The summed E-state index contributed by atoms with van der Waals surface area (Å²) in [5.74, 6) is -5.26. The number of nitrogens with two attached hydrogens (primary N) is 2. The van der Waals surface area contributed by atoms with Crippen LogP contribution in [0.2, 0.25) is 0 Å². The van der Waals surface area contributed by atoms with Gasteiger partial charge in [0.1, 0.15) is 12.1 Å². The molecule has 3 aromatic rings. The monoisotopic (exact) mass is 616 g/mol. The van der Waals surface area contributed by atoms with Crippen LogP contribution in [-0.2, 0) is 28.8 Å². The van der Waals surface area contributed by atoms with Crippen LogP contribution in [0.3, 0.4) is 0 Å². The van der Waals surface area contributed by atoms with Gasteiger partial charge in [-0.3, -0.25) is 33.6 Å². The van der Waals surface area contributed by atoms with Crippen LogP contribution >= 0.6 is 0 Å². The van der Waals surface area contributed by atoms with Crippen molar-refractivity contribution in [1.82, 2.24) is 30.7 Å². The Bertz CT molecular complexity index is 1690. The zero-order valence-electron chi connectivity index (χ0n) is 24.3. The highest BCUT2D eigenvalue weighted by Crippen LogP contribution is 2.26. The average molecular weight is 617 g/mol. The summed E-state index contributed by atoms with van der Waals surface area (Å²) in [7, 11) is 0. The van der Waals surface area contributed by atoms with E-state index in [9.17, 15) is 33.6 Å². The standard InChI is InChI=1S/C30H32N8O7/c1-15(39)34-16-11-23(28(43)35-17-10-22(26(31)41)38(14-17)30(45)27(32)42)37(13-16)24(40)12-33-29(44)25-18-6-2-4-8-20(18)36-21-9-5-3-7-19(21)25/h2-9,16-17,22-23H,10-14H2,1H3,(H2,31,41)(H2,32,42)(H,33,44)(H,34,39)(H,35,43). The molecule has 2 aliphatic heterocycles. The number of nitrogens with one attached hydrogen (secondary N) is 3. The van der Waals surface area contributed by atoms with Gasteiger partial charge in [-0.1, -0.05) is 36.4 Å². The largest absolute Gasteiger partial charge is 0.368 e. The topological polar surface area (TPSA) is 227 Å². The minimum absolute atomic E-state index is 0.00829. The third-order valence-corrected chi connectivity index (χ3v) is 7.99. The van der Waals surface area contributed by atoms with E-state index >= 15 is 0 Å². The Hall–Kier alpha value is -5.60. The van der Waals surface area contributed by atoms with Gasteiger partial charge in [0.2, 0.25) is 23.6 Å². The molecule has 4 unspecified atom stereocenters. The molecule has 7 N–H and O–H groups in total. The molecule has 2 saturated heterocycles. The van der Waals surface area contributed by atoms with E-state index in [1.807, 2.05) is 12.1 Å². The lowest BCUT2D eigenvalue weighted by atomic mass is 10.0. The summed E-state index contributed by atoms with van der Waals surface area (Å²) in [5.41, 5.74) is 12.1. The Kier molecular flexibility index (Phi) is 8.61. The Labute approximate surface area is 256 Å². The second kappa shape index (κ2) is 12.6. The van der Waals surface area contributed by atoms with Crippen molar-refractivity contribution in [2.45, 2.75) is 43.9 Å². The molecular formula is C30H32N8O7. The molecule has 0 saturated carbocycles.